The van der Waals surface area contributed by atoms with Gasteiger partial charge >= 0.3 is 0 Å². The number of hydrogen-bond acceptors (Lipinski definition) is 10. The van der Waals surface area contributed by atoms with Crippen LogP contribution in [0.4, 0.5) is 0 Å². The van der Waals surface area contributed by atoms with Crippen LogP contribution >= 0.6 is 0 Å². The predicted molar refractivity (Wildman–Crippen MR) is 186 cm³/mol. The van der Waals surface area contributed by atoms with Crippen LogP contribution in [0.15, 0.2) is 24.3 Å². The lowest BCUT2D eigenvalue weighted by Crippen LogP contribution is -2.61. The molecule has 284 valence electrons. The first kappa shape index (κ1) is 35.5. The summed E-state index contributed by atoms with van der Waals surface area (Å²) in [5, 5.41) is 10.6. The predicted octanol–water partition coefficient (Wildman–Crippen LogP) is 5.51. The SMILES string of the molecule is C=C1C[C@@H]2CCC34C[C@H]5O[C@H]6[C@@H](O3)[C@H]3OC(CC[C@@H]3O[C@H]6C5O4)CC(=O)C[C@@H]3[C@@H](C)[C@@H](C[C@H](O)CC)O[C@H]3CC3O[C@@H](CCC1O2)C[C@@H](C)C3=C. The molecule has 1 spiro atoms. The second-order valence-electron chi connectivity index (χ2n) is 17.8. The number of rotatable bonds is 3. The molecule has 51 heavy (non-hydrogen) atoms. The number of ketones is 1. The number of ether oxygens (including phenoxy) is 8. The highest BCUT2D eigenvalue weighted by atomic mass is 16.8. The monoisotopic (exact) mass is 712 g/mol. The zero-order chi connectivity index (χ0) is 35.2. The van der Waals surface area contributed by atoms with Gasteiger partial charge in [0, 0.05) is 32.1 Å². The van der Waals surface area contributed by atoms with Crippen LogP contribution in [0.2, 0.25) is 0 Å². The maximum absolute atomic E-state index is 14.0. The van der Waals surface area contributed by atoms with Crippen molar-refractivity contribution in [2.75, 3.05) is 0 Å². The van der Waals surface area contributed by atoms with Gasteiger partial charge in [0.25, 0.3) is 0 Å². The number of hydrogen-bond donors (Lipinski definition) is 1. The van der Waals surface area contributed by atoms with Crippen molar-refractivity contribution in [3.05, 3.63) is 24.3 Å². The molecular weight excluding hydrogens is 652 g/mol. The van der Waals surface area contributed by atoms with Gasteiger partial charge in [-0.2, -0.15) is 0 Å². The van der Waals surface area contributed by atoms with Gasteiger partial charge < -0.3 is 43.0 Å². The summed E-state index contributed by atoms with van der Waals surface area (Å²) in [6.07, 6.45) is 7.89. The molecule has 10 aliphatic heterocycles. The topological polar surface area (TPSA) is 111 Å². The lowest BCUT2D eigenvalue weighted by Gasteiger charge is -2.47. The van der Waals surface area contributed by atoms with Crippen molar-refractivity contribution in [1.29, 1.82) is 0 Å². The van der Waals surface area contributed by atoms with Crippen LogP contribution in [0, 0.1) is 17.8 Å². The van der Waals surface area contributed by atoms with Gasteiger partial charge in [-0.3, -0.25) is 4.79 Å². The van der Waals surface area contributed by atoms with E-state index in [0.29, 0.717) is 44.4 Å². The van der Waals surface area contributed by atoms with Crippen molar-refractivity contribution < 1.29 is 47.8 Å². The van der Waals surface area contributed by atoms with Crippen molar-refractivity contribution >= 4 is 5.78 Å². The first-order valence-electron chi connectivity index (χ1n) is 20.4. The molecule has 0 amide bonds. The summed E-state index contributed by atoms with van der Waals surface area (Å²) in [4.78, 5) is 14.0. The van der Waals surface area contributed by atoms with Gasteiger partial charge in [0.05, 0.1) is 61.0 Å². The number of carbonyl (C=O) groups excluding carboxylic acids is 1. The van der Waals surface area contributed by atoms with Crippen molar-refractivity contribution in [1.82, 2.24) is 0 Å². The third-order valence-electron chi connectivity index (χ3n) is 14.4. The van der Waals surface area contributed by atoms with Crippen LogP contribution in [-0.2, 0) is 42.7 Å². The van der Waals surface area contributed by atoms with E-state index in [0.717, 1.165) is 62.5 Å². The van der Waals surface area contributed by atoms with E-state index < -0.39 is 11.9 Å². The van der Waals surface area contributed by atoms with Gasteiger partial charge in [-0.25, -0.2) is 0 Å². The van der Waals surface area contributed by atoms with Crippen molar-refractivity contribution in [2.24, 2.45) is 17.8 Å². The Balaban J connectivity index is 0.986. The molecule has 10 heterocycles. The van der Waals surface area contributed by atoms with Gasteiger partial charge in [-0.15, -0.1) is 0 Å². The minimum atomic E-state index is -0.757. The van der Waals surface area contributed by atoms with Gasteiger partial charge in [0.1, 0.15) is 36.3 Å². The van der Waals surface area contributed by atoms with Gasteiger partial charge in [0.2, 0.25) is 0 Å². The van der Waals surface area contributed by atoms with Crippen LogP contribution in [-0.4, -0.2) is 108 Å². The van der Waals surface area contributed by atoms with Crippen LogP contribution in [0.5, 0.6) is 0 Å². The van der Waals surface area contributed by atoms with E-state index >= 15 is 0 Å². The maximum Gasteiger partial charge on any atom is 0.172 e. The van der Waals surface area contributed by atoms with E-state index in [4.69, 9.17) is 37.9 Å². The lowest BCUT2D eigenvalue weighted by molar-refractivity contribution is -0.292. The Bertz CT molecular complexity index is 1350. The molecule has 0 aliphatic carbocycles. The molecule has 5 unspecified atom stereocenters. The van der Waals surface area contributed by atoms with Crippen LogP contribution in [0.3, 0.4) is 0 Å². The van der Waals surface area contributed by atoms with E-state index in [1.807, 2.05) is 6.92 Å². The van der Waals surface area contributed by atoms with Crippen LogP contribution in [0.1, 0.15) is 111 Å². The molecule has 1 N–H and O–H groups in total. The largest absolute Gasteiger partial charge is 0.393 e. The zero-order valence-corrected chi connectivity index (χ0v) is 30.8. The summed E-state index contributed by atoms with van der Waals surface area (Å²) >= 11 is 0. The first-order valence-corrected chi connectivity index (χ1v) is 20.4. The van der Waals surface area contributed by atoms with Crippen LogP contribution in [0.25, 0.3) is 0 Å². The molecule has 10 nitrogen and oxygen atoms in total. The molecule has 10 rings (SSSR count). The second-order valence-corrected chi connectivity index (χ2v) is 17.8. The number of aliphatic hydroxyl groups is 1. The fourth-order valence-electron chi connectivity index (χ4n) is 11.3. The highest BCUT2D eigenvalue weighted by Crippen LogP contribution is 2.54. The smallest absolute Gasteiger partial charge is 0.172 e. The zero-order valence-electron chi connectivity index (χ0n) is 30.8. The molecule has 10 aliphatic rings. The average molecular weight is 713 g/mol. The van der Waals surface area contributed by atoms with Gasteiger partial charge in [0.15, 0.2) is 5.79 Å². The third-order valence-corrected chi connectivity index (χ3v) is 14.4. The quantitative estimate of drug-likeness (QED) is 0.376. The minimum absolute atomic E-state index is 0.0115. The Morgan fingerprint density at radius 1 is 0.745 bits per heavy atom. The first-order chi connectivity index (χ1) is 24.6. The Hall–Kier alpha value is -1.21. The Morgan fingerprint density at radius 3 is 2.33 bits per heavy atom. The molecule has 0 aromatic rings. The summed E-state index contributed by atoms with van der Waals surface area (Å²) in [6.45, 7) is 15.4. The lowest BCUT2D eigenvalue weighted by atomic mass is 9.78. The number of fused-ring (bicyclic) bond motifs is 6. The summed E-state index contributed by atoms with van der Waals surface area (Å²) in [6, 6.07) is 0. The minimum Gasteiger partial charge on any atom is -0.393 e. The number of aliphatic hydroxyl groups excluding tert-OH is 1. The maximum atomic E-state index is 14.0. The molecule has 10 heteroatoms. The summed E-state index contributed by atoms with van der Waals surface area (Å²) in [7, 11) is 0. The molecule has 0 aromatic carbocycles. The molecule has 0 radical (unpaired) electrons. The Kier molecular flexibility index (Phi) is 9.62. The highest BCUT2D eigenvalue weighted by molar-refractivity contribution is 5.79. The van der Waals surface area contributed by atoms with E-state index in [1.54, 1.807) is 0 Å². The van der Waals surface area contributed by atoms with Gasteiger partial charge in [-0.1, -0.05) is 33.9 Å². The average Bonchev–Trinajstić information content (AvgIpc) is 3.77. The van der Waals surface area contributed by atoms with E-state index in [-0.39, 0.29) is 103 Å². The highest BCUT2D eigenvalue weighted by Gasteiger charge is 2.68. The Labute approximate surface area is 303 Å². The summed E-state index contributed by atoms with van der Waals surface area (Å²) in [5.74, 6) is -0.0766. The molecule has 10 saturated heterocycles. The van der Waals surface area contributed by atoms with Crippen molar-refractivity contribution in [3.63, 3.8) is 0 Å². The Morgan fingerprint density at radius 2 is 1.49 bits per heavy atom. The van der Waals surface area contributed by atoms with Crippen LogP contribution < -0.4 is 0 Å². The molecule has 19 atom stereocenters. The fourth-order valence-corrected chi connectivity index (χ4v) is 11.3. The van der Waals surface area contributed by atoms with E-state index in [1.165, 1.54) is 0 Å². The van der Waals surface area contributed by atoms with E-state index in [2.05, 4.69) is 27.0 Å². The second kappa shape index (κ2) is 13.8. The third kappa shape index (κ3) is 6.54. The molecule has 10 fully saturated rings. The molecule has 0 aromatic heterocycles. The van der Waals surface area contributed by atoms with Gasteiger partial charge in [-0.05, 0) is 86.7 Å². The molecule has 0 saturated carbocycles. The number of carbonyl (C=O) groups is 1. The number of Topliss-reactive ketones (excluding diaryl/α,β-unsaturated/α-hetero) is 1. The summed E-state index contributed by atoms with van der Waals surface area (Å²) < 4.78 is 54.1. The molecular formula is C41H60O10. The normalized spacial score (nSPS) is 53.2. The fraction of sp³-hybridized carbons (Fsp3) is 0.878. The van der Waals surface area contributed by atoms with Crippen molar-refractivity contribution in [3.8, 4) is 0 Å². The van der Waals surface area contributed by atoms with E-state index in [9.17, 15) is 9.90 Å². The van der Waals surface area contributed by atoms with Crippen molar-refractivity contribution in [2.45, 2.75) is 208 Å². The molecule has 12 bridgehead atoms. The standard InChI is InChI=1S/C41H60O10/c1-6-24(42)17-32-23(5)29-16-25(43)15-27-8-10-31-36(46-27)40-39-38(48-31)37-35(49-39)19-41(50-37,51-40)12-11-28-14-21(3)30(44-28)9-7-26-13-20(2)22(4)33(45-26)18-34(29)47-32/h20,23-24,26-40,42H,3-4,6-19H2,1-2,5H3/t20-,23-,24-,26+,27?,28+,29-,30?,31+,32-,33?,34+,35-,36+,37?,38+,39-,40+,41?/m1/s1. The summed E-state index contributed by atoms with van der Waals surface area (Å²) in [5.41, 5.74) is 2.28.